The molecule has 2 N–H and O–H groups in total. The number of benzene rings is 1. The average Bonchev–Trinajstić information content (AvgIpc) is 2.67. The van der Waals surface area contributed by atoms with Gasteiger partial charge in [-0.1, -0.05) is 30.3 Å². The number of ether oxygens (including phenoxy) is 1. The molecule has 4 fully saturated rings. The number of carbonyl (C=O) groups excluding carboxylic acids is 2. The van der Waals surface area contributed by atoms with E-state index >= 15 is 0 Å². The molecule has 0 saturated heterocycles. The molecule has 5 rings (SSSR count). The molecule has 0 radical (unpaired) electrons. The van der Waals surface area contributed by atoms with Crippen LogP contribution in [-0.4, -0.2) is 24.6 Å². The molecule has 1 aromatic rings. The molecule has 2 amide bonds. The first-order valence-electron chi connectivity index (χ1n) is 9.72. The Balaban J connectivity index is 1.37. The third kappa shape index (κ3) is 3.51. The first-order valence-corrected chi connectivity index (χ1v) is 9.72. The predicted molar refractivity (Wildman–Crippen MR) is 98.2 cm³/mol. The number of alkyl carbamates (subject to hydrolysis) is 1. The molecule has 2 unspecified atom stereocenters. The quantitative estimate of drug-likeness (QED) is 0.783. The van der Waals surface area contributed by atoms with Crippen LogP contribution in [0.1, 0.15) is 37.7 Å². The molecule has 27 heavy (non-hydrogen) atoms. The monoisotopic (exact) mass is 367 g/mol. The summed E-state index contributed by atoms with van der Waals surface area (Å²) < 4.78 is 5.39. The van der Waals surface area contributed by atoms with Gasteiger partial charge < -0.3 is 15.4 Å². The maximum Gasteiger partial charge on any atom is 0.407 e. The highest BCUT2D eigenvalue weighted by Gasteiger charge is 2.58. The van der Waals surface area contributed by atoms with Crippen LogP contribution in [0.25, 0.3) is 0 Å². The zero-order chi connectivity index (χ0) is 18.9. The Kier molecular flexibility index (Phi) is 4.77. The molecule has 0 spiro atoms. The number of nitrogens with one attached hydrogen (secondary N) is 2. The zero-order valence-corrected chi connectivity index (χ0v) is 15.3. The average molecular weight is 367 g/mol. The fraction of sp³-hybridized carbons (Fsp3) is 0.571. The van der Waals surface area contributed by atoms with Gasteiger partial charge in [-0.25, -0.2) is 4.79 Å². The minimum Gasteiger partial charge on any atom is -0.445 e. The van der Waals surface area contributed by atoms with E-state index in [9.17, 15) is 9.59 Å². The lowest BCUT2D eigenvalue weighted by Crippen LogP contribution is -2.62. The van der Waals surface area contributed by atoms with Crippen molar-refractivity contribution in [2.45, 2.75) is 44.8 Å². The number of nitriles is 1. The summed E-state index contributed by atoms with van der Waals surface area (Å²) in [5, 5.41) is 14.6. The second kappa shape index (κ2) is 7.22. The van der Waals surface area contributed by atoms with E-state index in [2.05, 4.69) is 10.6 Å². The molecule has 4 aliphatic carbocycles. The molecule has 0 aromatic heterocycles. The SMILES string of the molecule is N#CCNC(=O)C12CC3CC(C1)C(NC(=O)OCc1ccccc1)C(C3)C2. The summed E-state index contributed by atoms with van der Waals surface area (Å²) in [7, 11) is 0. The molecule has 0 aliphatic heterocycles. The van der Waals surface area contributed by atoms with Crippen LogP contribution < -0.4 is 10.6 Å². The van der Waals surface area contributed by atoms with Crippen molar-refractivity contribution in [2.24, 2.45) is 23.2 Å². The highest BCUT2D eigenvalue weighted by atomic mass is 16.5. The Labute approximate surface area is 159 Å². The van der Waals surface area contributed by atoms with Crippen molar-refractivity contribution in [1.82, 2.24) is 10.6 Å². The topological polar surface area (TPSA) is 91.2 Å². The zero-order valence-electron chi connectivity index (χ0n) is 15.3. The van der Waals surface area contributed by atoms with Gasteiger partial charge in [0.05, 0.1) is 11.5 Å². The van der Waals surface area contributed by atoms with Crippen molar-refractivity contribution < 1.29 is 14.3 Å². The predicted octanol–water partition coefficient (Wildman–Crippen LogP) is 2.75. The van der Waals surface area contributed by atoms with Gasteiger partial charge in [0, 0.05) is 6.04 Å². The largest absolute Gasteiger partial charge is 0.445 e. The van der Waals surface area contributed by atoms with Gasteiger partial charge in [0.15, 0.2) is 0 Å². The molecule has 0 heterocycles. The molecule has 2 atom stereocenters. The summed E-state index contributed by atoms with van der Waals surface area (Å²) in [6, 6.07) is 11.7. The lowest BCUT2D eigenvalue weighted by molar-refractivity contribution is -0.148. The summed E-state index contributed by atoms with van der Waals surface area (Å²) in [5.41, 5.74) is 0.616. The van der Waals surface area contributed by atoms with Crippen LogP contribution in [0.3, 0.4) is 0 Å². The maximum atomic E-state index is 12.7. The van der Waals surface area contributed by atoms with Crippen molar-refractivity contribution in [3.8, 4) is 6.07 Å². The summed E-state index contributed by atoms with van der Waals surface area (Å²) in [5.74, 6) is 1.20. The molecule has 1 aromatic carbocycles. The minimum atomic E-state index is -0.376. The molecule has 4 aliphatic rings. The highest BCUT2D eigenvalue weighted by Crippen LogP contribution is 2.60. The van der Waals surface area contributed by atoms with Gasteiger partial charge in [0.25, 0.3) is 0 Å². The van der Waals surface area contributed by atoms with Crippen LogP contribution in [0.4, 0.5) is 4.79 Å². The Bertz CT molecular complexity index is 742. The number of rotatable bonds is 5. The third-order valence-electron chi connectivity index (χ3n) is 6.58. The Morgan fingerprint density at radius 2 is 1.85 bits per heavy atom. The van der Waals surface area contributed by atoms with Crippen LogP contribution in [0.15, 0.2) is 30.3 Å². The summed E-state index contributed by atoms with van der Waals surface area (Å²) in [6.07, 6.45) is 4.25. The molecule has 6 heteroatoms. The van der Waals surface area contributed by atoms with Crippen molar-refractivity contribution in [1.29, 1.82) is 5.26 Å². The van der Waals surface area contributed by atoms with E-state index < -0.39 is 0 Å². The highest BCUT2D eigenvalue weighted by molar-refractivity contribution is 5.83. The normalized spacial score (nSPS) is 33.1. The third-order valence-corrected chi connectivity index (χ3v) is 6.58. The summed E-state index contributed by atoms with van der Waals surface area (Å²) in [6.45, 7) is 0.325. The number of hydrogen-bond acceptors (Lipinski definition) is 4. The van der Waals surface area contributed by atoms with Crippen molar-refractivity contribution >= 4 is 12.0 Å². The van der Waals surface area contributed by atoms with Crippen molar-refractivity contribution in [3.05, 3.63) is 35.9 Å². The van der Waals surface area contributed by atoms with Crippen molar-refractivity contribution in [3.63, 3.8) is 0 Å². The maximum absolute atomic E-state index is 12.7. The molecular weight excluding hydrogens is 342 g/mol. The molecule has 142 valence electrons. The Hall–Kier alpha value is -2.55. The van der Waals surface area contributed by atoms with Gasteiger partial charge in [0.2, 0.25) is 5.91 Å². The molecule has 4 bridgehead atoms. The van der Waals surface area contributed by atoms with E-state index in [0.717, 1.165) is 37.7 Å². The van der Waals surface area contributed by atoms with E-state index in [1.165, 1.54) is 0 Å². The van der Waals surface area contributed by atoms with Crippen LogP contribution in [-0.2, 0) is 16.1 Å². The lowest BCUT2D eigenvalue weighted by Gasteiger charge is -2.59. The van der Waals surface area contributed by atoms with Gasteiger partial charge in [-0.2, -0.15) is 5.26 Å². The first-order chi connectivity index (χ1) is 13.1. The van der Waals surface area contributed by atoms with Crippen LogP contribution in [0.2, 0.25) is 0 Å². The smallest absolute Gasteiger partial charge is 0.407 e. The summed E-state index contributed by atoms with van der Waals surface area (Å²) >= 11 is 0. The number of nitrogens with zero attached hydrogens (tertiary/aromatic N) is 1. The van der Waals surface area contributed by atoms with Gasteiger partial charge >= 0.3 is 6.09 Å². The Morgan fingerprint density at radius 3 is 2.52 bits per heavy atom. The summed E-state index contributed by atoms with van der Waals surface area (Å²) in [4.78, 5) is 25.0. The van der Waals surface area contributed by atoms with E-state index in [4.69, 9.17) is 10.00 Å². The lowest BCUT2D eigenvalue weighted by atomic mass is 9.47. The second-order valence-electron chi connectivity index (χ2n) is 8.32. The van der Waals surface area contributed by atoms with Gasteiger partial charge in [-0.15, -0.1) is 0 Å². The fourth-order valence-corrected chi connectivity index (χ4v) is 5.75. The standard InChI is InChI=1S/C21H25N3O3/c22-6-7-23-19(25)21-10-15-8-16(11-21)18(17(9-15)12-21)24-20(26)27-13-14-4-2-1-3-5-14/h1-5,15-18H,7-13H2,(H,23,25)(H,24,26). The van der Waals surface area contributed by atoms with Crippen LogP contribution in [0, 0.1) is 34.5 Å². The van der Waals surface area contributed by atoms with Crippen molar-refractivity contribution in [2.75, 3.05) is 6.54 Å². The molecular formula is C21H25N3O3. The van der Waals surface area contributed by atoms with Gasteiger partial charge in [-0.3, -0.25) is 4.79 Å². The number of amides is 2. The Morgan fingerprint density at radius 1 is 1.15 bits per heavy atom. The molecule has 4 saturated carbocycles. The van der Waals surface area contributed by atoms with E-state index in [1.54, 1.807) is 0 Å². The van der Waals surface area contributed by atoms with E-state index in [1.807, 2.05) is 36.4 Å². The van der Waals surface area contributed by atoms with Gasteiger partial charge in [0.1, 0.15) is 13.2 Å². The van der Waals surface area contributed by atoms with Crippen LogP contribution in [0.5, 0.6) is 0 Å². The van der Waals surface area contributed by atoms with E-state index in [0.29, 0.717) is 17.8 Å². The molecule has 6 nitrogen and oxygen atoms in total. The van der Waals surface area contributed by atoms with Gasteiger partial charge in [-0.05, 0) is 55.4 Å². The fourth-order valence-electron chi connectivity index (χ4n) is 5.75. The first kappa shape index (κ1) is 17.8. The number of hydrogen-bond donors (Lipinski definition) is 2. The second-order valence-corrected chi connectivity index (χ2v) is 8.32. The number of carbonyl (C=O) groups is 2. The minimum absolute atomic E-state index is 0.0218. The van der Waals surface area contributed by atoms with Crippen LogP contribution >= 0.6 is 0 Å². The van der Waals surface area contributed by atoms with E-state index in [-0.39, 0.29) is 36.6 Å².